The van der Waals surface area contributed by atoms with Crippen LogP contribution in [-0.4, -0.2) is 74.7 Å². The number of halogens is 2. The highest BCUT2D eigenvalue weighted by atomic mass is 32.1. The molecule has 12 nitrogen and oxygen atoms in total. The molecule has 5 heterocycles. The number of hydrogen-bond acceptors (Lipinski definition) is 11. The predicted molar refractivity (Wildman–Crippen MR) is 139 cm³/mol. The van der Waals surface area contributed by atoms with Crippen LogP contribution in [0, 0.1) is 11.6 Å². The number of benzene rings is 1. The van der Waals surface area contributed by atoms with E-state index in [4.69, 9.17) is 14.9 Å². The van der Waals surface area contributed by atoms with E-state index in [-0.39, 0.29) is 28.9 Å². The van der Waals surface area contributed by atoms with Gasteiger partial charge in [0, 0.05) is 51.4 Å². The van der Waals surface area contributed by atoms with E-state index in [2.05, 4.69) is 20.0 Å². The lowest BCUT2D eigenvalue weighted by atomic mass is 10.2. The molecule has 0 bridgehead atoms. The first-order valence-electron chi connectivity index (χ1n) is 12.0. The van der Waals surface area contributed by atoms with E-state index >= 15 is 0 Å². The normalized spacial score (nSPS) is 14.5. The maximum atomic E-state index is 14.5. The van der Waals surface area contributed by atoms with Crippen molar-refractivity contribution in [1.82, 2.24) is 29.0 Å². The largest absolute Gasteiger partial charge is 0.483 e. The van der Waals surface area contributed by atoms with E-state index < -0.39 is 11.6 Å². The van der Waals surface area contributed by atoms with E-state index in [9.17, 15) is 18.4 Å². The fourth-order valence-corrected chi connectivity index (χ4v) is 5.52. The summed E-state index contributed by atoms with van der Waals surface area (Å²) in [5.41, 5.74) is 7.22. The zero-order chi connectivity index (χ0) is 27.1. The molecule has 1 aromatic carbocycles. The summed E-state index contributed by atoms with van der Waals surface area (Å²) in [4.78, 5) is 36.2. The third-order valence-electron chi connectivity index (χ3n) is 6.52. The summed E-state index contributed by atoms with van der Waals surface area (Å²) in [7, 11) is 0. The molecule has 202 valence electrons. The van der Waals surface area contributed by atoms with Crippen LogP contribution >= 0.6 is 11.3 Å². The SMILES string of the molecule is Nc1nc2c(sc(=O)n2CCN2CCN(c3cc(OCC=O)c(F)cc3F)CC2)c2nc(-c3ccco3)nn12. The minimum Gasteiger partial charge on any atom is -0.483 e. The average molecular weight is 557 g/mol. The molecule has 0 radical (unpaired) electrons. The van der Waals surface area contributed by atoms with E-state index in [1.54, 1.807) is 21.6 Å². The van der Waals surface area contributed by atoms with Gasteiger partial charge in [-0.25, -0.2) is 13.8 Å². The van der Waals surface area contributed by atoms with Gasteiger partial charge < -0.3 is 19.8 Å². The van der Waals surface area contributed by atoms with Gasteiger partial charge in [0.15, 0.2) is 34.9 Å². The fraction of sp³-hybridized carbons (Fsp3) is 0.292. The fourth-order valence-electron chi connectivity index (χ4n) is 4.58. The Labute approximate surface area is 222 Å². The number of aldehydes is 1. The molecule has 5 aromatic rings. The number of nitrogens with two attached hydrogens (primary N) is 1. The molecule has 0 unspecified atom stereocenters. The molecule has 4 aromatic heterocycles. The van der Waals surface area contributed by atoms with Crippen molar-refractivity contribution in [3.63, 3.8) is 0 Å². The zero-order valence-corrected chi connectivity index (χ0v) is 21.2. The lowest BCUT2D eigenvalue weighted by Gasteiger charge is -2.36. The van der Waals surface area contributed by atoms with Gasteiger partial charge in [-0.05, 0) is 12.1 Å². The number of aromatic nitrogens is 5. The molecule has 1 aliphatic rings. The van der Waals surface area contributed by atoms with Gasteiger partial charge >= 0.3 is 4.87 Å². The minimum absolute atomic E-state index is 0.0979. The van der Waals surface area contributed by atoms with Crippen molar-refractivity contribution in [3.8, 4) is 17.3 Å². The number of nitrogens with zero attached hydrogens (tertiary/aromatic N) is 7. The van der Waals surface area contributed by atoms with E-state index in [1.807, 2.05) is 0 Å². The van der Waals surface area contributed by atoms with E-state index in [0.717, 1.165) is 17.4 Å². The van der Waals surface area contributed by atoms with Crippen LogP contribution in [0.2, 0.25) is 0 Å². The van der Waals surface area contributed by atoms with Crippen LogP contribution in [0.15, 0.2) is 39.7 Å². The number of nitrogen functional groups attached to an aromatic ring is 1. The number of anilines is 2. The quantitative estimate of drug-likeness (QED) is 0.283. The highest BCUT2D eigenvalue weighted by molar-refractivity contribution is 7.17. The van der Waals surface area contributed by atoms with Gasteiger partial charge in [0.1, 0.15) is 17.1 Å². The molecule has 6 rings (SSSR count). The number of thiazole rings is 1. The second-order valence-electron chi connectivity index (χ2n) is 8.83. The Kier molecular flexibility index (Phi) is 6.44. The molecule has 0 spiro atoms. The van der Waals surface area contributed by atoms with Crippen molar-refractivity contribution < 1.29 is 22.7 Å². The van der Waals surface area contributed by atoms with Crippen LogP contribution in [0.5, 0.6) is 5.75 Å². The van der Waals surface area contributed by atoms with Crippen molar-refractivity contribution >= 4 is 45.3 Å². The third kappa shape index (κ3) is 4.59. The summed E-state index contributed by atoms with van der Waals surface area (Å²) in [6.45, 7) is 2.75. The highest BCUT2D eigenvalue weighted by Gasteiger charge is 2.23. The Morgan fingerprint density at radius 1 is 1.10 bits per heavy atom. The van der Waals surface area contributed by atoms with Gasteiger partial charge in [0.2, 0.25) is 11.8 Å². The summed E-state index contributed by atoms with van der Waals surface area (Å²) in [5, 5.41) is 4.36. The molecule has 0 atom stereocenters. The molecule has 1 aliphatic heterocycles. The van der Waals surface area contributed by atoms with Crippen LogP contribution in [0.25, 0.3) is 27.6 Å². The van der Waals surface area contributed by atoms with Crippen molar-refractivity contribution in [2.45, 2.75) is 6.54 Å². The molecule has 0 amide bonds. The number of carbonyl (C=O) groups is 1. The summed E-state index contributed by atoms with van der Waals surface area (Å²) in [6.07, 6.45) is 2.02. The number of carbonyl (C=O) groups excluding carboxylic acids is 1. The van der Waals surface area contributed by atoms with Crippen molar-refractivity contribution in [2.75, 3.05) is 50.0 Å². The lowest BCUT2D eigenvalue weighted by molar-refractivity contribution is -0.109. The zero-order valence-electron chi connectivity index (χ0n) is 20.4. The van der Waals surface area contributed by atoms with Crippen LogP contribution in [-0.2, 0) is 11.3 Å². The number of fused-ring (bicyclic) bond motifs is 3. The van der Waals surface area contributed by atoms with Crippen molar-refractivity contribution in [1.29, 1.82) is 0 Å². The molecular formula is C24H22F2N8O4S. The molecular weight excluding hydrogens is 534 g/mol. The minimum atomic E-state index is -0.861. The average Bonchev–Trinajstić information content (AvgIpc) is 3.67. The summed E-state index contributed by atoms with van der Waals surface area (Å²) >= 11 is 1.02. The van der Waals surface area contributed by atoms with Crippen LogP contribution in [0.4, 0.5) is 20.4 Å². The number of hydrogen-bond donors (Lipinski definition) is 1. The number of furan rings is 1. The molecule has 2 N–H and O–H groups in total. The van der Waals surface area contributed by atoms with Gasteiger partial charge in [0.05, 0.1) is 12.0 Å². The van der Waals surface area contributed by atoms with Gasteiger partial charge in [0.25, 0.3) is 0 Å². The monoisotopic (exact) mass is 556 g/mol. The number of rotatable bonds is 8. The summed E-state index contributed by atoms with van der Waals surface area (Å²) in [5.74, 6) is -0.821. The van der Waals surface area contributed by atoms with Gasteiger partial charge in [-0.3, -0.25) is 19.1 Å². The summed E-state index contributed by atoms with van der Waals surface area (Å²) < 4.78 is 42.5. The van der Waals surface area contributed by atoms with Crippen molar-refractivity contribution in [3.05, 3.63) is 51.8 Å². The topological polar surface area (TPSA) is 137 Å². The number of ether oxygens (including phenoxy) is 1. The second-order valence-corrected chi connectivity index (χ2v) is 9.79. The molecule has 15 heteroatoms. The second kappa shape index (κ2) is 10.1. The highest BCUT2D eigenvalue weighted by Crippen LogP contribution is 2.29. The molecule has 1 saturated heterocycles. The first-order valence-corrected chi connectivity index (χ1v) is 12.9. The maximum Gasteiger partial charge on any atom is 0.309 e. The molecule has 0 aliphatic carbocycles. The predicted octanol–water partition coefficient (Wildman–Crippen LogP) is 2.02. The maximum absolute atomic E-state index is 14.5. The van der Waals surface area contributed by atoms with Gasteiger partial charge in [-0.2, -0.15) is 9.50 Å². The van der Waals surface area contributed by atoms with E-state index in [1.165, 1.54) is 16.8 Å². The number of piperazine rings is 1. The summed E-state index contributed by atoms with van der Waals surface area (Å²) in [6, 6.07) is 5.50. The van der Waals surface area contributed by atoms with Crippen LogP contribution in [0.3, 0.4) is 0 Å². The van der Waals surface area contributed by atoms with Crippen LogP contribution in [0.1, 0.15) is 0 Å². The Morgan fingerprint density at radius 3 is 2.67 bits per heavy atom. The Bertz CT molecular complexity index is 1720. The van der Waals surface area contributed by atoms with E-state index in [0.29, 0.717) is 73.1 Å². The first kappa shape index (κ1) is 24.9. The van der Waals surface area contributed by atoms with Gasteiger partial charge in [-0.1, -0.05) is 11.3 Å². The smallest absolute Gasteiger partial charge is 0.309 e. The molecule has 39 heavy (non-hydrogen) atoms. The Hall–Kier alpha value is -4.37. The standard InChI is InChI=1S/C24H22F2N8O4S/c25-14-12-15(26)18(38-11-9-35)13-16(14)32-6-3-31(4-7-32)5-8-33-21-19(39-24(33)36)22-28-20(17-2-1-10-37-17)30-34(22)23(27)29-21/h1-2,9-10,12-13H,3-8,11H2,(H2,27,29). The van der Waals surface area contributed by atoms with Crippen LogP contribution < -0.4 is 20.2 Å². The van der Waals surface area contributed by atoms with Gasteiger partial charge in [-0.15, -0.1) is 5.10 Å². The molecule has 1 fully saturated rings. The third-order valence-corrected chi connectivity index (χ3v) is 7.48. The lowest BCUT2D eigenvalue weighted by Crippen LogP contribution is -2.47. The van der Waals surface area contributed by atoms with Crippen molar-refractivity contribution in [2.24, 2.45) is 0 Å². The first-order chi connectivity index (χ1) is 18.9. The Balaban J connectivity index is 1.17. The Morgan fingerprint density at radius 2 is 1.92 bits per heavy atom. The molecule has 0 saturated carbocycles.